The summed E-state index contributed by atoms with van der Waals surface area (Å²) in [5.74, 6) is -0.400. The van der Waals surface area contributed by atoms with E-state index in [-0.39, 0.29) is 36.0 Å². The van der Waals surface area contributed by atoms with Crippen LogP contribution in [0.15, 0.2) is 47.8 Å². The van der Waals surface area contributed by atoms with Gasteiger partial charge in [0.2, 0.25) is 11.8 Å². The molecule has 2 aromatic heterocycles. The molecule has 3 N–H and O–H groups in total. The summed E-state index contributed by atoms with van der Waals surface area (Å²) in [5, 5.41) is 15.7. The number of rotatable bonds is 5. The number of benzene rings is 1. The van der Waals surface area contributed by atoms with Gasteiger partial charge in [0.15, 0.2) is 6.29 Å². The fourth-order valence-corrected chi connectivity index (χ4v) is 3.95. The lowest BCUT2D eigenvalue weighted by atomic mass is 10.0. The van der Waals surface area contributed by atoms with Crippen LogP contribution in [0.25, 0.3) is 10.6 Å². The maximum atomic E-state index is 13.1. The SMILES string of the molecule is CC1NC(n2nc(-c3cccs3)cc2NC(=O)Cc2ccc(F)cc2)NC(=O)C1C. The Kier molecular flexibility index (Phi) is 5.65. The Morgan fingerprint density at radius 2 is 2.03 bits per heavy atom. The third kappa shape index (κ3) is 4.27. The van der Waals surface area contributed by atoms with Crippen molar-refractivity contribution in [2.45, 2.75) is 32.6 Å². The summed E-state index contributed by atoms with van der Waals surface area (Å²) in [7, 11) is 0. The van der Waals surface area contributed by atoms with Crippen LogP contribution in [0.5, 0.6) is 0 Å². The number of anilines is 1. The number of carbonyl (C=O) groups is 2. The molecule has 7 nitrogen and oxygen atoms in total. The molecule has 1 saturated heterocycles. The van der Waals surface area contributed by atoms with E-state index in [9.17, 15) is 14.0 Å². The van der Waals surface area contributed by atoms with Crippen LogP contribution < -0.4 is 16.0 Å². The second-order valence-corrected chi connectivity index (χ2v) is 8.29. The minimum Gasteiger partial charge on any atom is -0.322 e. The molecule has 156 valence electrons. The van der Waals surface area contributed by atoms with Crippen LogP contribution in [0.2, 0.25) is 0 Å². The summed E-state index contributed by atoms with van der Waals surface area (Å²) < 4.78 is 14.7. The minimum atomic E-state index is -0.585. The molecule has 0 saturated carbocycles. The molecule has 3 aromatic rings. The van der Waals surface area contributed by atoms with E-state index in [4.69, 9.17) is 0 Å². The highest BCUT2D eigenvalue weighted by Crippen LogP contribution is 2.28. The van der Waals surface area contributed by atoms with Crippen molar-refractivity contribution in [2.24, 2.45) is 5.92 Å². The molecule has 3 unspecified atom stereocenters. The summed E-state index contributed by atoms with van der Waals surface area (Å²) in [6, 6.07) is 11.4. The topological polar surface area (TPSA) is 88.1 Å². The molecular weight excluding hydrogens is 405 g/mol. The van der Waals surface area contributed by atoms with Crippen LogP contribution in [-0.4, -0.2) is 27.6 Å². The molecule has 1 aliphatic heterocycles. The monoisotopic (exact) mass is 427 g/mol. The Bertz CT molecular complexity index is 1050. The van der Waals surface area contributed by atoms with E-state index in [0.717, 1.165) is 4.88 Å². The lowest BCUT2D eigenvalue weighted by molar-refractivity contribution is -0.130. The van der Waals surface area contributed by atoms with Crippen LogP contribution >= 0.6 is 11.3 Å². The first-order chi connectivity index (χ1) is 14.4. The van der Waals surface area contributed by atoms with E-state index in [2.05, 4.69) is 21.0 Å². The molecular formula is C21H22FN5O2S. The first kappa shape index (κ1) is 20.2. The second kappa shape index (κ2) is 8.37. The Morgan fingerprint density at radius 1 is 1.27 bits per heavy atom. The van der Waals surface area contributed by atoms with Gasteiger partial charge >= 0.3 is 0 Å². The highest BCUT2D eigenvalue weighted by atomic mass is 32.1. The zero-order chi connectivity index (χ0) is 21.3. The van der Waals surface area contributed by atoms with E-state index in [0.29, 0.717) is 17.1 Å². The van der Waals surface area contributed by atoms with Gasteiger partial charge in [-0.1, -0.05) is 25.1 Å². The molecule has 0 bridgehead atoms. The number of hydrogen-bond acceptors (Lipinski definition) is 5. The van der Waals surface area contributed by atoms with Crippen molar-refractivity contribution >= 4 is 29.0 Å². The number of amides is 2. The summed E-state index contributed by atoms with van der Waals surface area (Å²) in [4.78, 5) is 25.9. The van der Waals surface area contributed by atoms with Gasteiger partial charge in [0.1, 0.15) is 17.3 Å². The van der Waals surface area contributed by atoms with Crippen molar-refractivity contribution in [3.05, 3.63) is 59.2 Å². The normalized spacial score (nSPS) is 21.3. The van der Waals surface area contributed by atoms with Gasteiger partial charge in [-0.2, -0.15) is 5.10 Å². The number of carbonyl (C=O) groups excluding carboxylic acids is 2. The first-order valence-electron chi connectivity index (χ1n) is 9.65. The Labute approximate surface area is 177 Å². The van der Waals surface area contributed by atoms with Crippen LogP contribution in [0, 0.1) is 11.7 Å². The zero-order valence-corrected chi connectivity index (χ0v) is 17.4. The lowest BCUT2D eigenvalue weighted by Crippen LogP contribution is -2.57. The van der Waals surface area contributed by atoms with Gasteiger partial charge in [0.05, 0.1) is 17.2 Å². The highest BCUT2D eigenvalue weighted by Gasteiger charge is 2.32. The van der Waals surface area contributed by atoms with E-state index < -0.39 is 6.29 Å². The third-order valence-corrected chi connectivity index (χ3v) is 6.06. The van der Waals surface area contributed by atoms with E-state index in [1.165, 1.54) is 23.5 Å². The van der Waals surface area contributed by atoms with Gasteiger partial charge in [-0.05, 0) is 36.1 Å². The molecule has 1 aliphatic rings. The maximum Gasteiger partial charge on any atom is 0.229 e. The summed E-state index contributed by atoms with van der Waals surface area (Å²) in [5.41, 5.74) is 1.40. The molecule has 1 aromatic carbocycles. The number of nitrogens with one attached hydrogen (secondary N) is 3. The van der Waals surface area contributed by atoms with Gasteiger partial charge in [-0.15, -0.1) is 11.3 Å². The van der Waals surface area contributed by atoms with Gasteiger partial charge in [-0.3, -0.25) is 14.9 Å². The highest BCUT2D eigenvalue weighted by molar-refractivity contribution is 7.13. The fourth-order valence-electron chi connectivity index (χ4n) is 3.26. The van der Waals surface area contributed by atoms with E-state index in [1.54, 1.807) is 22.9 Å². The van der Waals surface area contributed by atoms with Crippen LogP contribution in [-0.2, 0) is 16.0 Å². The Balaban J connectivity index is 1.60. The molecule has 9 heteroatoms. The fraction of sp³-hybridized carbons (Fsp3) is 0.286. The maximum absolute atomic E-state index is 13.1. The molecule has 3 heterocycles. The van der Waals surface area contributed by atoms with Gasteiger partial charge < -0.3 is 10.6 Å². The lowest BCUT2D eigenvalue weighted by Gasteiger charge is -2.34. The predicted octanol–water partition coefficient (Wildman–Crippen LogP) is 3.13. The van der Waals surface area contributed by atoms with Crippen molar-refractivity contribution in [1.82, 2.24) is 20.4 Å². The number of aromatic nitrogens is 2. The van der Waals surface area contributed by atoms with Crippen LogP contribution in [0.4, 0.5) is 10.2 Å². The molecule has 0 radical (unpaired) electrons. The summed E-state index contributed by atoms with van der Waals surface area (Å²) >= 11 is 1.54. The van der Waals surface area contributed by atoms with Crippen molar-refractivity contribution in [2.75, 3.05) is 5.32 Å². The smallest absolute Gasteiger partial charge is 0.229 e. The van der Waals surface area contributed by atoms with Crippen LogP contribution in [0.3, 0.4) is 0 Å². The first-order valence-corrected chi connectivity index (χ1v) is 10.5. The largest absolute Gasteiger partial charge is 0.322 e. The Morgan fingerprint density at radius 3 is 2.70 bits per heavy atom. The van der Waals surface area contributed by atoms with Crippen molar-refractivity contribution in [3.63, 3.8) is 0 Å². The molecule has 30 heavy (non-hydrogen) atoms. The number of thiophene rings is 1. The summed E-state index contributed by atoms with van der Waals surface area (Å²) in [6.07, 6.45) is -0.490. The number of hydrogen-bond donors (Lipinski definition) is 3. The number of nitrogens with zero attached hydrogens (tertiary/aromatic N) is 2. The van der Waals surface area contributed by atoms with Crippen LogP contribution in [0.1, 0.15) is 25.7 Å². The quantitative estimate of drug-likeness (QED) is 0.584. The molecule has 0 aliphatic carbocycles. The van der Waals surface area contributed by atoms with Gasteiger partial charge in [0, 0.05) is 12.1 Å². The molecule has 4 rings (SSSR count). The summed E-state index contributed by atoms with van der Waals surface area (Å²) in [6.45, 7) is 3.79. The standard InChI is InChI=1S/C21H22FN5O2S/c1-12-13(2)23-21(25-20(12)29)27-18(11-16(26-27)17-4-3-9-30-17)24-19(28)10-14-5-7-15(22)8-6-14/h3-9,11-13,21,23H,10H2,1-2H3,(H,24,28)(H,25,29). The van der Waals surface area contributed by atoms with E-state index >= 15 is 0 Å². The van der Waals surface area contributed by atoms with Gasteiger partial charge in [-0.25, -0.2) is 9.07 Å². The average Bonchev–Trinajstić information content (AvgIpc) is 3.37. The van der Waals surface area contributed by atoms with Crippen molar-refractivity contribution in [1.29, 1.82) is 0 Å². The van der Waals surface area contributed by atoms with E-state index in [1.807, 2.05) is 31.4 Å². The minimum absolute atomic E-state index is 0.0547. The average molecular weight is 428 g/mol. The second-order valence-electron chi connectivity index (χ2n) is 7.34. The zero-order valence-electron chi connectivity index (χ0n) is 16.6. The molecule has 0 spiro atoms. The molecule has 1 fully saturated rings. The molecule has 2 amide bonds. The number of halogens is 1. The molecule has 3 atom stereocenters. The van der Waals surface area contributed by atoms with Crippen molar-refractivity contribution in [3.8, 4) is 10.6 Å². The van der Waals surface area contributed by atoms with Crippen molar-refractivity contribution < 1.29 is 14.0 Å². The Hall–Kier alpha value is -3.04. The van der Waals surface area contributed by atoms with Gasteiger partial charge in [0.25, 0.3) is 0 Å². The third-order valence-electron chi connectivity index (χ3n) is 5.16. The predicted molar refractivity (Wildman–Crippen MR) is 113 cm³/mol.